The minimum Gasteiger partial charge on any atom is -0.426 e. The molecule has 0 bridgehead atoms. The predicted octanol–water partition coefficient (Wildman–Crippen LogP) is 6.16. The molecule has 1 heterocycles. The Bertz CT molecular complexity index is 1040. The van der Waals surface area contributed by atoms with Crippen LogP contribution in [0.15, 0.2) is 54.7 Å². The summed E-state index contributed by atoms with van der Waals surface area (Å²) in [5.41, 5.74) is 3.61. The lowest BCUT2D eigenvalue weighted by atomic mass is 9.79. The van der Waals surface area contributed by atoms with Gasteiger partial charge in [0.25, 0.3) is 0 Å². The Kier molecular flexibility index (Phi) is 5.99. The number of rotatable bonds is 4. The first kappa shape index (κ1) is 22.6. The van der Waals surface area contributed by atoms with Crippen LogP contribution in [-0.4, -0.2) is 22.8 Å². The third-order valence-corrected chi connectivity index (χ3v) is 5.26. The molecule has 0 saturated heterocycles. The van der Waals surface area contributed by atoms with Gasteiger partial charge in [0.1, 0.15) is 5.75 Å². The number of para-hydroxylation sites is 1. The van der Waals surface area contributed by atoms with E-state index in [-0.39, 0.29) is 16.8 Å². The standard InChI is InChI=1S/C26H33N3O2/c1-18(30)31-24-21(25(2,3)4)16-20(17-22(24)26(5,6)7)28(8)23-14-15-29(27-23)19-12-10-9-11-13-19/h9-17H,1-8H3. The van der Waals surface area contributed by atoms with Crippen molar-refractivity contribution in [3.63, 3.8) is 0 Å². The lowest BCUT2D eigenvalue weighted by Gasteiger charge is -2.31. The van der Waals surface area contributed by atoms with E-state index in [4.69, 9.17) is 9.84 Å². The van der Waals surface area contributed by atoms with Gasteiger partial charge in [-0.15, -0.1) is 5.10 Å². The highest BCUT2D eigenvalue weighted by molar-refractivity contribution is 5.73. The number of esters is 1. The Morgan fingerprint density at radius 1 is 0.935 bits per heavy atom. The molecule has 164 valence electrons. The third kappa shape index (κ3) is 4.98. The molecule has 0 radical (unpaired) electrons. The summed E-state index contributed by atoms with van der Waals surface area (Å²) in [7, 11) is 2.01. The van der Waals surface area contributed by atoms with Gasteiger partial charge in [-0.3, -0.25) is 4.79 Å². The second-order valence-corrected chi connectivity index (χ2v) is 9.98. The first-order chi connectivity index (χ1) is 14.4. The van der Waals surface area contributed by atoms with E-state index in [0.29, 0.717) is 5.75 Å². The summed E-state index contributed by atoms with van der Waals surface area (Å²) in [6.07, 6.45) is 1.96. The van der Waals surface area contributed by atoms with Crippen molar-refractivity contribution in [1.82, 2.24) is 9.78 Å². The summed E-state index contributed by atoms with van der Waals surface area (Å²) in [4.78, 5) is 14.0. The van der Waals surface area contributed by atoms with Gasteiger partial charge in [0.2, 0.25) is 0 Å². The molecule has 1 aromatic heterocycles. The van der Waals surface area contributed by atoms with E-state index in [1.165, 1.54) is 6.92 Å². The molecule has 2 aromatic carbocycles. The maximum atomic E-state index is 11.9. The average Bonchev–Trinajstić information content (AvgIpc) is 3.16. The summed E-state index contributed by atoms with van der Waals surface area (Å²) in [6.45, 7) is 14.3. The largest absolute Gasteiger partial charge is 0.426 e. The molecule has 0 aliphatic carbocycles. The van der Waals surface area contributed by atoms with Crippen LogP contribution in [0.2, 0.25) is 0 Å². The highest BCUT2D eigenvalue weighted by Crippen LogP contribution is 2.43. The molecule has 0 amide bonds. The van der Waals surface area contributed by atoms with Gasteiger partial charge in [0.05, 0.1) is 5.69 Å². The maximum absolute atomic E-state index is 11.9. The molecule has 3 rings (SSSR count). The van der Waals surface area contributed by atoms with E-state index in [2.05, 4.69) is 58.6 Å². The normalized spacial score (nSPS) is 12.0. The van der Waals surface area contributed by atoms with E-state index >= 15 is 0 Å². The number of carbonyl (C=O) groups excluding carboxylic acids is 1. The average molecular weight is 420 g/mol. The molecular formula is C26H33N3O2. The number of nitrogens with zero attached hydrogens (tertiary/aromatic N) is 3. The van der Waals surface area contributed by atoms with E-state index in [1.54, 1.807) is 0 Å². The SMILES string of the molecule is CC(=O)Oc1c(C(C)(C)C)cc(N(C)c2ccn(-c3ccccc3)n2)cc1C(C)(C)C. The first-order valence-corrected chi connectivity index (χ1v) is 10.6. The Labute approximate surface area is 185 Å². The molecule has 0 aliphatic rings. The van der Waals surface area contributed by atoms with Crippen LogP contribution in [0.25, 0.3) is 5.69 Å². The fourth-order valence-corrected chi connectivity index (χ4v) is 3.53. The van der Waals surface area contributed by atoms with Crippen molar-refractivity contribution in [2.45, 2.75) is 59.3 Å². The molecule has 0 fully saturated rings. The van der Waals surface area contributed by atoms with Crippen molar-refractivity contribution in [1.29, 1.82) is 0 Å². The van der Waals surface area contributed by atoms with Crippen LogP contribution in [0.1, 0.15) is 59.6 Å². The zero-order valence-corrected chi connectivity index (χ0v) is 19.9. The van der Waals surface area contributed by atoms with Gasteiger partial charge in [-0.05, 0) is 35.1 Å². The van der Waals surface area contributed by atoms with Crippen molar-refractivity contribution in [2.24, 2.45) is 0 Å². The summed E-state index contributed by atoms with van der Waals surface area (Å²) < 4.78 is 7.62. The van der Waals surface area contributed by atoms with E-state index < -0.39 is 0 Å². The summed E-state index contributed by atoms with van der Waals surface area (Å²) in [6, 6.07) is 16.3. The molecule has 5 heteroatoms. The van der Waals surface area contributed by atoms with Crippen LogP contribution < -0.4 is 9.64 Å². The number of hydrogen-bond acceptors (Lipinski definition) is 4. The summed E-state index contributed by atoms with van der Waals surface area (Å²) in [5, 5.41) is 4.77. The predicted molar refractivity (Wildman–Crippen MR) is 127 cm³/mol. The van der Waals surface area contributed by atoms with E-state index in [0.717, 1.165) is 28.3 Å². The second kappa shape index (κ2) is 8.22. The smallest absolute Gasteiger partial charge is 0.308 e. The number of ether oxygens (including phenoxy) is 1. The van der Waals surface area contributed by atoms with Gasteiger partial charge in [0.15, 0.2) is 5.82 Å². The molecule has 0 N–H and O–H groups in total. The molecule has 0 unspecified atom stereocenters. The van der Waals surface area contributed by atoms with Gasteiger partial charge >= 0.3 is 5.97 Å². The molecule has 0 aliphatic heterocycles. The van der Waals surface area contributed by atoms with Gasteiger partial charge < -0.3 is 9.64 Å². The van der Waals surface area contributed by atoms with Crippen molar-refractivity contribution in [3.05, 3.63) is 65.9 Å². The van der Waals surface area contributed by atoms with Crippen molar-refractivity contribution in [2.75, 3.05) is 11.9 Å². The third-order valence-electron chi connectivity index (χ3n) is 5.26. The number of aromatic nitrogens is 2. The van der Waals surface area contributed by atoms with Crippen LogP contribution in [0.3, 0.4) is 0 Å². The first-order valence-electron chi connectivity index (χ1n) is 10.6. The van der Waals surface area contributed by atoms with Crippen molar-refractivity contribution < 1.29 is 9.53 Å². The van der Waals surface area contributed by atoms with Crippen LogP contribution in [0, 0.1) is 0 Å². The van der Waals surface area contributed by atoms with Gasteiger partial charge in [0, 0.05) is 43.0 Å². The molecule has 0 saturated carbocycles. The number of carbonyl (C=O) groups is 1. The highest BCUT2D eigenvalue weighted by Gasteiger charge is 2.29. The summed E-state index contributed by atoms with van der Waals surface area (Å²) in [5.74, 6) is 1.20. The number of anilines is 2. The lowest BCUT2D eigenvalue weighted by molar-refractivity contribution is -0.132. The number of benzene rings is 2. The van der Waals surface area contributed by atoms with Crippen LogP contribution in [-0.2, 0) is 15.6 Å². The monoisotopic (exact) mass is 419 g/mol. The topological polar surface area (TPSA) is 47.4 Å². The summed E-state index contributed by atoms with van der Waals surface area (Å²) >= 11 is 0. The highest BCUT2D eigenvalue weighted by atomic mass is 16.5. The molecule has 31 heavy (non-hydrogen) atoms. The van der Waals surface area contributed by atoms with E-state index in [1.807, 2.05) is 54.3 Å². The minimum absolute atomic E-state index is 0.203. The Hall–Kier alpha value is -3.08. The zero-order valence-electron chi connectivity index (χ0n) is 19.9. The molecule has 3 aromatic rings. The molecule has 0 spiro atoms. The lowest BCUT2D eigenvalue weighted by Crippen LogP contribution is -2.23. The molecule has 0 atom stereocenters. The Balaban J connectivity index is 2.13. The van der Waals surface area contributed by atoms with Crippen molar-refractivity contribution >= 4 is 17.5 Å². The molecule has 5 nitrogen and oxygen atoms in total. The Morgan fingerprint density at radius 3 is 1.97 bits per heavy atom. The van der Waals surface area contributed by atoms with Crippen LogP contribution >= 0.6 is 0 Å². The fourth-order valence-electron chi connectivity index (χ4n) is 3.53. The van der Waals surface area contributed by atoms with Gasteiger partial charge in [-0.25, -0.2) is 4.68 Å². The molecular weight excluding hydrogens is 386 g/mol. The fraction of sp³-hybridized carbons (Fsp3) is 0.385. The Morgan fingerprint density at radius 2 is 1.48 bits per heavy atom. The van der Waals surface area contributed by atoms with Gasteiger partial charge in [-0.2, -0.15) is 0 Å². The minimum atomic E-state index is -0.307. The second-order valence-electron chi connectivity index (χ2n) is 9.98. The van der Waals surface area contributed by atoms with Crippen LogP contribution in [0.5, 0.6) is 5.75 Å². The maximum Gasteiger partial charge on any atom is 0.308 e. The van der Waals surface area contributed by atoms with Crippen molar-refractivity contribution in [3.8, 4) is 11.4 Å². The van der Waals surface area contributed by atoms with E-state index in [9.17, 15) is 4.79 Å². The van der Waals surface area contributed by atoms with Gasteiger partial charge in [-0.1, -0.05) is 59.7 Å². The number of hydrogen-bond donors (Lipinski definition) is 0. The quantitative estimate of drug-likeness (QED) is 0.375. The zero-order chi connectivity index (χ0) is 23.0. The van der Waals surface area contributed by atoms with Crippen LogP contribution in [0.4, 0.5) is 11.5 Å².